The maximum atomic E-state index is 12.7. The summed E-state index contributed by atoms with van der Waals surface area (Å²) in [6, 6.07) is 7.99. The number of hydrogen-bond donors (Lipinski definition) is 1. The fourth-order valence-corrected chi connectivity index (χ4v) is 3.18. The molecule has 114 valence electrons. The fraction of sp³-hybridized carbons (Fsp3) is 0.588. The molecule has 1 saturated heterocycles. The van der Waals surface area contributed by atoms with Crippen LogP contribution in [0.3, 0.4) is 0 Å². The zero-order valence-electron chi connectivity index (χ0n) is 12.9. The number of carbonyl (C=O) groups is 1. The summed E-state index contributed by atoms with van der Waals surface area (Å²) in [4.78, 5) is 14.7. The molecule has 1 heterocycles. The second-order valence-electron chi connectivity index (χ2n) is 6.08. The third-order valence-electron chi connectivity index (χ3n) is 4.58. The summed E-state index contributed by atoms with van der Waals surface area (Å²) >= 11 is 0. The number of nitrogens with zero attached hydrogens (tertiary/aromatic N) is 1. The van der Waals surface area contributed by atoms with E-state index in [-0.39, 0.29) is 17.6 Å². The van der Waals surface area contributed by atoms with Gasteiger partial charge in [-0.3, -0.25) is 10.1 Å². The van der Waals surface area contributed by atoms with Crippen LogP contribution in [-0.4, -0.2) is 30.0 Å². The topological polar surface area (TPSA) is 41.6 Å². The number of hydrogen-bond acceptors (Lipinski definition) is 3. The number of para-hydroxylation sites is 1. The van der Waals surface area contributed by atoms with Gasteiger partial charge < -0.3 is 9.64 Å². The van der Waals surface area contributed by atoms with Gasteiger partial charge in [-0.25, -0.2) is 0 Å². The zero-order valence-corrected chi connectivity index (χ0v) is 12.9. The number of carbonyl (C=O) groups excluding carboxylic acids is 1. The van der Waals surface area contributed by atoms with Gasteiger partial charge in [-0.2, -0.15) is 0 Å². The van der Waals surface area contributed by atoms with Crippen LogP contribution in [0, 0.1) is 0 Å². The standard InChI is InChI=1S/C17H24N2O2/c1-3-4-7-12-19-15(18-17(10-11-17)16(19)20)13-8-5-6-9-14(13)21-2/h5-6,8-9,15,18H,3-4,7,10-12H2,1-2H3. The van der Waals surface area contributed by atoms with Gasteiger partial charge in [-0.05, 0) is 25.3 Å². The summed E-state index contributed by atoms with van der Waals surface area (Å²) in [5.74, 6) is 1.12. The van der Waals surface area contributed by atoms with Crippen LogP contribution in [0.1, 0.15) is 50.8 Å². The van der Waals surface area contributed by atoms with E-state index in [1.165, 1.54) is 6.42 Å². The number of nitrogens with one attached hydrogen (secondary N) is 1. The molecule has 0 aromatic heterocycles. The largest absolute Gasteiger partial charge is 0.496 e. The lowest BCUT2D eigenvalue weighted by molar-refractivity contribution is -0.130. The number of unbranched alkanes of at least 4 members (excludes halogenated alkanes) is 2. The van der Waals surface area contributed by atoms with Crippen LogP contribution < -0.4 is 10.1 Å². The van der Waals surface area contributed by atoms with Crippen molar-refractivity contribution in [3.05, 3.63) is 29.8 Å². The molecule has 3 rings (SSSR count). The molecule has 21 heavy (non-hydrogen) atoms. The highest BCUT2D eigenvalue weighted by Crippen LogP contribution is 2.47. The molecule has 1 spiro atoms. The summed E-state index contributed by atoms with van der Waals surface area (Å²) in [7, 11) is 1.68. The van der Waals surface area contributed by atoms with E-state index in [1.54, 1.807) is 7.11 Å². The summed E-state index contributed by atoms with van der Waals surface area (Å²) in [5, 5.41) is 3.56. The highest BCUT2D eigenvalue weighted by atomic mass is 16.5. The molecule has 1 saturated carbocycles. The van der Waals surface area contributed by atoms with Crippen molar-refractivity contribution < 1.29 is 9.53 Å². The van der Waals surface area contributed by atoms with Crippen molar-refractivity contribution in [3.63, 3.8) is 0 Å². The Labute approximate surface area is 126 Å². The zero-order chi connectivity index (χ0) is 14.9. The Balaban J connectivity index is 1.85. The van der Waals surface area contributed by atoms with Gasteiger partial charge in [-0.1, -0.05) is 38.0 Å². The van der Waals surface area contributed by atoms with E-state index >= 15 is 0 Å². The minimum Gasteiger partial charge on any atom is -0.496 e. The monoisotopic (exact) mass is 288 g/mol. The Morgan fingerprint density at radius 3 is 2.76 bits per heavy atom. The lowest BCUT2D eigenvalue weighted by Gasteiger charge is -2.25. The van der Waals surface area contributed by atoms with Gasteiger partial charge in [0.25, 0.3) is 0 Å². The molecule has 0 bridgehead atoms. The molecular weight excluding hydrogens is 264 g/mol. The van der Waals surface area contributed by atoms with E-state index < -0.39 is 0 Å². The number of amides is 1. The van der Waals surface area contributed by atoms with Crippen LogP contribution in [0.25, 0.3) is 0 Å². The lowest BCUT2D eigenvalue weighted by atomic mass is 10.1. The van der Waals surface area contributed by atoms with E-state index in [0.29, 0.717) is 0 Å². The molecule has 1 unspecified atom stereocenters. The molecule has 1 aliphatic carbocycles. The van der Waals surface area contributed by atoms with Crippen molar-refractivity contribution in [2.45, 2.75) is 50.7 Å². The number of benzene rings is 1. The van der Waals surface area contributed by atoms with E-state index in [0.717, 1.165) is 43.5 Å². The van der Waals surface area contributed by atoms with E-state index in [1.807, 2.05) is 23.1 Å². The second-order valence-corrected chi connectivity index (χ2v) is 6.08. The SMILES string of the molecule is CCCCCN1C(=O)C2(CC2)NC1c1ccccc1OC. The van der Waals surface area contributed by atoms with Crippen LogP contribution in [-0.2, 0) is 4.79 Å². The first-order valence-electron chi connectivity index (χ1n) is 7.93. The van der Waals surface area contributed by atoms with Crippen molar-refractivity contribution in [2.75, 3.05) is 13.7 Å². The number of methoxy groups -OCH3 is 1. The second kappa shape index (κ2) is 5.68. The minimum atomic E-state index is -0.280. The first-order valence-corrected chi connectivity index (χ1v) is 7.93. The Bertz CT molecular complexity index is 525. The fourth-order valence-electron chi connectivity index (χ4n) is 3.18. The Kier molecular flexibility index (Phi) is 3.89. The van der Waals surface area contributed by atoms with Crippen molar-refractivity contribution in [2.24, 2.45) is 0 Å². The first-order chi connectivity index (χ1) is 10.2. The van der Waals surface area contributed by atoms with Crippen molar-refractivity contribution >= 4 is 5.91 Å². The normalized spacial score (nSPS) is 22.9. The average molecular weight is 288 g/mol. The van der Waals surface area contributed by atoms with Gasteiger partial charge in [0.1, 0.15) is 17.5 Å². The van der Waals surface area contributed by atoms with Crippen LogP contribution in [0.2, 0.25) is 0 Å². The summed E-state index contributed by atoms with van der Waals surface area (Å²) in [6.45, 7) is 3.01. The highest BCUT2D eigenvalue weighted by molar-refractivity contribution is 5.92. The van der Waals surface area contributed by atoms with Gasteiger partial charge in [-0.15, -0.1) is 0 Å². The summed E-state index contributed by atoms with van der Waals surface area (Å²) < 4.78 is 5.48. The molecule has 4 nitrogen and oxygen atoms in total. The van der Waals surface area contributed by atoms with Crippen LogP contribution in [0.4, 0.5) is 0 Å². The van der Waals surface area contributed by atoms with Gasteiger partial charge in [0.2, 0.25) is 5.91 Å². The highest BCUT2D eigenvalue weighted by Gasteiger charge is 2.59. The molecular formula is C17H24N2O2. The predicted octanol–water partition coefficient (Wildman–Crippen LogP) is 2.85. The van der Waals surface area contributed by atoms with Crippen LogP contribution in [0.5, 0.6) is 5.75 Å². The third-order valence-corrected chi connectivity index (χ3v) is 4.58. The first kappa shape index (κ1) is 14.4. The average Bonchev–Trinajstić information content (AvgIpc) is 3.24. The smallest absolute Gasteiger partial charge is 0.244 e. The molecule has 1 amide bonds. The van der Waals surface area contributed by atoms with Crippen molar-refractivity contribution in [3.8, 4) is 5.75 Å². The molecule has 4 heteroatoms. The predicted molar refractivity (Wildman–Crippen MR) is 82.1 cm³/mol. The molecule has 1 aromatic rings. The van der Waals surface area contributed by atoms with Crippen LogP contribution >= 0.6 is 0 Å². The Morgan fingerprint density at radius 2 is 2.10 bits per heavy atom. The lowest BCUT2D eigenvalue weighted by Crippen LogP contribution is -2.33. The minimum absolute atomic E-state index is 0.0481. The molecule has 2 fully saturated rings. The molecule has 2 aliphatic rings. The number of ether oxygens (including phenoxy) is 1. The van der Waals surface area contributed by atoms with Crippen molar-refractivity contribution in [1.82, 2.24) is 10.2 Å². The van der Waals surface area contributed by atoms with Crippen molar-refractivity contribution in [1.29, 1.82) is 0 Å². The summed E-state index contributed by atoms with van der Waals surface area (Å²) in [5.41, 5.74) is 0.784. The maximum absolute atomic E-state index is 12.7. The molecule has 1 aliphatic heterocycles. The van der Waals surface area contributed by atoms with E-state index in [2.05, 4.69) is 18.3 Å². The quantitative estimate of drug-likeness (QED) is 0.818. The van der Waals surface area contributed by atoms with Gasteiger partial charge >= 0.3 is 0 Å². The van der Waals surface area contributed by atoms with E-state index in [4.69, 9.17) is 4.74 Å². The molecule has 0 radical (unpaired) electrons. The van der Waals surface area contributed by atoms with Crippen LogP contribution in [0.15, 0.2) is 24.3 Å². The molecule has 1 N–H and O–H groups in total. The maximum Gasteiger partial charge on any atom is 0.244 e. The van der Waals surface area contributed by atoms with Gasteiger partial charge in [0.15, 0.2) is 0 Å². The number of rotatable bonds is 6. The summed E-state index contributed by atoms with van der Waals surface area (Å²) in [6.07, 6.45) is 5.26. The Morgan fingerprint density at radius 1 is 1.33 bits per heavy atom. The van der Waals surface area contributed by atoms with E-state index in [9.17, 15) is 4.79 Å². The molecule has 1 atom stereocenters. The molecule has 1 aromatic carbocycles. The Hall–Kier alpha value is -1.55. The van der Waals surface area contributed by atoms with Gasteiger partial charge in [0, 0.05) is 12.1 Å². The third kappa shape index (κ3) is 2.53. The van der Waals surface area contributed by atoms with Gasteiger partial charge in [0.05, 0.1) is 7.11 Å².